The quantitative estimate of drug-likeness (QED) is 0.523. The van der Waals surface area contributed by atoms with Gasteiger partial charge in [-0.3, -0.25) is 14.5 Å². The molecule has 10 heteroatoms. The molecule has 0 radical (unpaired) electrons. The fraction of sp³-hybridized carbons (Fsp3) is 0.0909. The highest BCUT2D eigenvalue weighted by molar-refractivity contribution is 7.14. The van der Waals surface area contributed by atoms with E-state index < -0.39 is 23.6 Å². The fourth-order valence-corrected chi connectivity index (χ4v) is 3.53. The van der Waals surface area contributed by atoms with E-state index in [0.717, 1.165) is 28.4 Å². The summed E-state index contributed by atoms with van der Waals surface area (Å²) >= 11 is 1.05. The minimum absolute atomic E-state index is 0.0377. The van der Waals surface area contributed by atoms with Gasteiger partial charge in [-0.1, -0.05) is 6.07 Å². The highest BCUT2D eigenvalue weighted by Gasteiger charge is 2.31. The van der Waals surface area contributed by atoms with Crippen molar-refractivity contribution in [2.75, 3.05) is 10.2 Å². The molecule has 3 rings (SSSR count). The minimum Gasteiger partial charge on any atom is -0.323 e. The zero-order valence-electron chi connectivity index (χ0n) is 16.6. The van der Waals surface area contributed by atoms with E-state index in [0.29, 0.717) is 16.9 Å². The van der Waals surface area contributed by atoms with Crippen LogP contribution in [0.1, 0.15) is 23.7 Å². The van der Waals surface area contributed by atoms with Gasteiger partial charge in [0.25, 0.3) is 0 Å². The molecule has 0 spiro atoms. The molecule has 162 valence electrons. The third kappa shape index (κ3) is 5.59. The third-order valence-electron chi connectivity index (χ3n) is 4.13. The summed E-state index contributed by atoms with van der Waals surface area (Å²) in [5.41, 5.74) is 0.487. The number of nitrogens with zero attached hydrogens (tertiary/aromatic N) is 3. The maximum absolute atomic E-state index is 13.0. The average Bonchev–Trinajstić information content (AvgIpc) is 3.21. The lowest BCUT2D eigenvalue weighted by Gasteiger charge is -2.19. The van der Waals surface area contributed by atoms with Crippen LogP contribution >= 0.6 is 11.3 Å². The second kappa shape index (κ2) is 9.45. The first-order chi connectivity index (χ1) is 15.2. The smallest absolute Gasteiger partial charge is 0.323 e. The van der Waals surface area contributed by atoms with Crippen LogP contribution in [0, 0.1) is 11.3 Å². The van der Waals surface area contributed by atoms with Crippen molar-refractivity contribution in [3.8, 4) is 6.07 Å². The Morgan fingerprint density at radius 1 is 1.19 bits per heavy atom. The van der Waals surface area contributed by atoms with Crippen LogP contribution in [0.3, 0.4) is 0 Å². The number of alkyl halides is 3. The first-order valence-corrected chi connectivity index (χ1v) is 9.98. The molecule has 0 fully saturated rings. The van der Waals surface area contributed by atoms with E-state index in [1.54, 1.807) is 29.6 Å². The number of nitriles is 1. The summed E-state index contributed by atoms with van der Waals surface area (Å²) < 4.78 is 39.1. The zero-order valence-corrected chi connectivity index (χ0v) is 17.4. The Kier molecular flexibility index (Phi) is 6.70. The number of thiazole rings is 1. The zero-order chi connectivity index (χ0) is 23.3. The van der Waals surface area contributed by atoms with E-state index in [9.17, 15) is 22.8 Å². The number of halogens is 3. The molecule has 0 atom stereocenters. The topological polar surface area (TPSA) is 86.1 Å². The summed E-state index contributed by atoms with van der Waals surface area (Å²) in [6.07, 6.45) is -1.89. The van der Waals surface area contributed by atoms with Crippen LogP contribution in [0.5, 0.6) is 0 Å². The van der Waals surface area contributed by atoms with Crippen molar-refractivity contribution in [2.24, 2.45) is 0 Å². The minimum atomic E-state index is -4.54. The second-order valence-corrected chi connectivity index (χ2v) is 7.31. The van der Waals surface area contributed by atoms with Gasteiger partial charge in [0.1, 0.15) is 0 Å². The molecule has 2 aromatic carbocycles. The van der Waals surface area contributed by atoms with Crippen LogP contribution in [-0.4, -0.2) is 16.8 Å². The summed E-state index contributed by atoms with van der Waals surface area (Å²) in [4.78, 5) is 29.5. The van der Waals surface area contributed by atoms with Gasteiger partial charge in [-0.2, -0.15) is 18.4 Å². The normalized spacial score (nSPS) is 11.2. The SMILES string of the molecule is CC(=O)N(c1cccc(C(F)(F)F)c1)c1nc(/C=C/C(=O)Nc2ccc(C#N)cc2)cs1. The van der Waals surface area contributed by atoms with Crippen molar-refractivity contribution in [1.29, 1.82) is 5.26 Å². The van der Waals surface area contributed by atoms with E-state index in [-0.39, 0.29) is 10.8 Å². The molecule has 2 amide bonds. The van der Waals surface area contributed by atoms with Gasteiger partial charge in [0, 0.05) is 24.1 Å². The van der Waals surface area contributed by atoms with Crippen molar-refractivity contribution in [2.45, 2.75) is 13.1 Å². The number of anilines is 3. The molecule has 6 nitrogen and oxygen atoms in total. The molecule has 0 saturated carbocycles. The fourth-order valence-electron chi connectivity index (χ4n) is 2.68. The van der Waals surface area contributed by atoms with Gasteiger partial charge in [0.15, 0.2) is 5.13 Å². The van der Waals surface area contributed by atoms with Crippen LogP contribution < -0.4 is 10.2 Å². The Labute approximate surface area is 185 Å². The largest absolute Gasteiger partial charge is 0.416 e. The van der Waals surface area contributed by atoms with Crippen molar-refractivity contribution in [1.82, 2.24) is 4.98 Å². The Morgan fingerprint density at radius 2 is 1.91 bits per heavy atom. The van der Waals surface area contributed by atoms with Crippen LogP contribution in [-0.2, 0) is 15.8 Å². The number of aromatic nitrogens is 1. The molecule has 1 heterocycles. The van der Waals surface area contributed by atoms with Crippen LogP contribution in [0.2, 0.25) is 0 Å². The van der Waals surface area contributed by atoms with Crippen LogP contribution in [0.4, 0.5) is 29.7 Å². The van der Waals surface area contributed by atoms with Crippen molar-refractivity contribution >= 4 is 45.7 Å². The second-order valence-electron chi connectivity index (χ2n) is 6.47. The van der Waals surface area contributed by atoms with E-state index in [1.807, 2.05) is 6.07 Å². The molecule has 0 aliphatic rings. The molecule has 1 aromatic heterocycles. The first kappa shape index (κ1) is 22.7. The molecule has 1 N–H and O–H groups in total. The number of carbonyl (C=O) groups excluding carboxylic acids is 2. The van der Waals surface area contributed by atoms with Crippen molar-refractivity contribution < 1.29 is 22.8 Å². The highest BCUT2D eigenvalue weighted by Crippen LogP contribution is 2.35. The predicted molar refractivity (Wildman–Crippen MR) is 115 cm³/mol. The van der Waals surface area contributed by atoms with E-state index in [4.69, 9.17) is 5.26 Å². The van der Waals surface area contributed by atoms with Crippen LogP contribution in [0.15, 0.2) is 60.0 Å². The van der Waals surface area contributed by atoms with Gasteiger partial charge < -0.3 is 5.32 Å². The maximum atomic E-state index is 13.0. The molecule has 0 aliphatic carbocycles. The Bertz CT molecular complexity index is 1210. The first-order valence-electron chi connectivity index (χ1n) is 9.10. The lowest BCUT2D eigenvalue weighted by atomic mass is 10.2. The lowest BCUT2D eigenvalue weighted by molar-refractivity contribution is -0.137. The van der Waals surface area contributed by atoms with Gasteiger partial charge in [-0.05, 0) is 48.5 Å². The van der Waals surface area contributed by atoms with Crippen molar-refractivity contribution in [3.05, 3.63) is 76.8 Å². The standard InChI is InChI=1S/C22H15F3N4O2S/c1-14(30)29(19-4-2-3-16(11-19)22(23,24)25)21-28-18(13-32-21)9-10-20(31)27-17-7-5-15(12-26)6-8-17/h2-11,13H,1H3,(H,27,31)/b10-9+. The number of carbonyl (C=O) groups is 2. The number of hydrogen-bond donors (Lipinski definition) is 1. The van der Waals surface area contributed by atoms with E-state index >= 15 is 0 Å². The lowest BCUT2D eigenvalue weighted by Crippen LogP contribution is -2.23. The maximum Gasteiger partial charge on any atom is 0.416 e. The Hall–Kier alpha value is -3.97. The molecule has 0 aliphatic heterocycles. The molecule has 32 heavy (non-hydrogen) atoms. The monoisotopic (exact) mass is 456 g/mol. The Balaban J connectivity index is 1.76. The van der Waals surface area contributed by atoms with Crippen LogP contribution in [0.25, 0.3) is 6.08 Å². The number of rotatable bonds is 5. The third-order valence-corrected chi connectivity index (χ3v) is 4.98. The number of benzene rings is 2. The molecule has 0 saturated heterocycles. The molecule has 3 aromatic rings. The van der Waals surface area contributed by atoms with Gasteiger partial charge in [-0.25, -0.2) is 4.98 Å². The summed E-state index contributed by atoms with van der Waals surface area (Å²) in [6.45, 7) is 1.22. The predicted octanol–water partition coefficient (Wildman–Crippen LogP) is 5.37. The van der Waals surface area contributed by atoms with Gasteiger partial charge in [0.05, 0.1) is 28.6 Å². The van der Waals surface area contributed by atoms with Crippen molar-refractivity contribution in [3.63, 3.8) is 0 Å². The average molecular weight is 456 g/mol. The van der Waals surface area contributed by atoms with Gasteiger partial charge in [0.2, 0.25) is 11.8 Å². The summed E-state index contributed by atoms with van der Waals surface area (Å²) in [6, 6.07) is 12.7. The summed E-state index contributed by atoms with van der Waals surface area (Å²) in [7, 11) is 0. The molecule has 0 bridgehead atoms. The number of amides is 2. The highest BCUT2D eigenvalue weighted by atomic mass is 32.1. The number of hydrogen-bond acceptors (Lipinski definition) is 5. The molecular formula is C22H15F3N4O2S. The van der Waals surface area contributed by atoms with Gasteiger partial charge in [-0.15, -0.1) is 11.3 Å². The Morgan fingerprint density at radius 3 is 2.53 bits per heavy atom. The van der Waals surface area contributed by atoms with E-state index in [1.165, 1.54) is 31.2 Å². The molecular weight excluding hydrogens is 441 g/mol. The molecule has 0 unspecified atom stereocenters. The summed E-state index contributed by atoms with van der Waals surface area (Å²) in [5.74, 6) is -0.946. The van der Waals surface area contributed by atoms with E-state index in [2.05, 4.69) is 10.3 Å². The number of nitrogens with one attached hydrogen (secondary N) is 1. The summed E-state index contributed by atoms with van der Waals surface area (Å²) in [5, 5.41) is 13.2. The van der Waals surface area contributed by atoms with Gasteiger partial charge >= 0.3 is 6.18 Å².